The van der Waals surface area contributed by atoms with E-state index in [1.165, 1.54) is 12.1 Å². The summed E-state index contributed by atoms with van der Waals surface area (Å²) in [5.41, 5.74) is 8.85. The molecule has 0 spiro atoms. The van der Waals surface area contributed by atoms with E-state index in [-0.39, 0.29) is 10.8 Å². The van der Waals surface area contributed by atoms with Gasteiger partial charge in [-0.05, 0) is 30.2 Å². The zero-order chi connectivity index (χ0) is 11.7. The van der Waals surface area contributed by atoms with Gasteiger partial charge in [0.05, 0.1) is 10.7 Å². The molecule has 0 aliphatic rings. The van der Waals surface area contributed by atoms with Crippen LogP contribution in [0, 0.1) is 12.7 Å². The number of halogens is 2. The molecule has 0 fully saturated rings. The summed E-state index contributed by atoms with van der Waals surface area (Å²) in [4.78, 5) is 0. The lowest BCUT2D eigenvalue weighted by Crippen LogP contribution is -1.94. The van der Waals surface area contributed by atoms with Gasteiger partial charge in [0, 0.05) is 5.56 Å². The van der Waals surface area contributed by atoms with E-state index in [9.17, 15) is 4.39 Å². The minimum Gasteiger partial charge on any atom is -0.397 e. The molecule has 3 heteroatoms. The van der Waals surface area contributed by atoms with Crippen molar-refractivity contribution in [3.05, 3.63) is 52.8 Å². The second-order valence-corrected chi connectivity index (χ2v) is 4.07. The van der Waals surface area contributed by atoms with Crippen LogP contribution in [0.1, 0.15) is 5.56 Å². The monoisotopic (exact) mass is 235 g/mol. The van der Waals surface area contributed by atoms with Crippen LogP contribution in [0.2, 0.25) is 5.02 Å². The number of nitrogens with two attached hydrogens (primary N) is 1. The van der Waals surface area contributed by atoms with Crippen LogP contribution in [0.15, 0.2) is 36.4 Å². The lowest BCUT2D eigenvalue weighted by Gasteiger charge is -2.10. The van der Waals surface area contributed by atoms with Gasteiger partial charge < -0.3 is 5.73 Å². The fraction of sp³-hybridized carbons (Fsp3) is 0.0769. The normalized spacial score (nSPS) is 10.4. The molecule has 0 saturated carbocycles. The van der Waals surface area contributed by atoms with Gasteiger partial charge >= 0.3 is 0 Å². The summed E-state index contributed by atoms with van der Waals surface area (Å²) in [5, 5.41) is 0.248. The maximum atomic E-state index is 13.3. The molecule has 0 heterocycles. The first kappa shape index (κ1) is 11.0. The standard InChI is InChI=1S/C13H11ClFN/c1-8-4-2-3-5-10(8)11-6-9(15)7-12(14)13(11)16/h2-7H,16H2,1H3. The third-order valence-corrected chi connectivity index (χ3v) is 2.84. The van der Waals surface area contributed by atoms with E-state index < -0.39 is 0 Å². The minimum absolute atomic E-state index is 0.248. The third kappa shape index (κ3) is 1.89. The van der Waals surface area contributed by atoms with Crippen molar-refractivity contribution >= 4 is 17.3 Å². The molecule has 16 heavy (non-hydrogen) atoms. The molecule has 2 N–H and O–H groups in total. The van der Waals surface area contributed by atoms with Crippen molar-refractivity contribution < 1.29 is 4.39 Å². The van der Waals surface area contributed by atoms with Crippen LogP contribution in [0.5, 0.6) is 0 Å². The molecule has 0 bridgehead atoms. The van der Waals surface area contributed by atoms with Crippen molar-refractivity contribution in [3.63, 3.8) is 0 Å². The molecule has 0 unspecified atom stereocenters. The van der Waals surface area contributed by atoms with Crippen molar-refractivity contribution in [2.75, 3.05) is 5.73 Å². The van der Waals surface area contributed by atoms with Crippen molar-refractivity contribution in [1.29, 1.82) is 0 Å². The lowest BCUT2D eigenvalue weighted by molar-refractivity contribution is 0.628. The molecule has 0 aliphatic carbocycles. The zero-order valence-corrected chi connectivity index (χ0v) is 9.55. The SMILES string of the molecule is Cc1ccccc1-c1cc(F)cc(Cl)c1N. The average Bonchev–Trinajstić information content (AvgIpc) is 2.24. The first-order valence-corrected chi connectivity index (χ1v) is 5.28. The number of hydrogen-bond donors (Lipinski definition) is 1. The molecular formula is C13H11ClFN. The number of benzene rings is 2. The highest BCUT2D eigenvalue weighted by molar-refractivity contribution is 6.33. The van der Waals surface area contributed by atoms with Gasteiger partial charge in [0.2, 0.25) is 0 Å². The minimum atomic E-state index is -0.377. The first-order chi connectivity index (χ1) is 7.59. The predicted octanol–water partition coefficient (Wildman–Crippen LogP) is 4.04. The van der Waals surface area contributed by atoms with Crippen molar-refractivity contribution in [2.24, 2.45) is 0 Å². The van der Waals surface area contributed by atoms with Gasteiger partial charge in [-0.3, -0.25) is 0 Å². The Hall–Kier alpha value is -1.54. The second-order valence-electron chi connectivity index (χ2n) is 3.66. The Balaban J connectivity index is 2.69. The molecule has 0 radical (unpaired) electrons. The fourth-order valence-corrected chi connectivity index (χ4v) is 1.89. The molecule has 2 aromatic rings. The topological polar surface area (TPSA) is 26.0 Å². The van der Waals surface area contributed by atoms with Crippen LogP contribution in [0.3, 0.4) is 0 Å². The summed E-state index contributed by atoms with van der Waals surface area (Å²) in [6, 6.07) is 10.3. The summed E-state index contributed by atoms with van der Waals surface area (Å²) in [5.74, 6) is -0.377. The highest BCUT2D eigenvalue weighted by atomic mass is 35.5. The Labute approximate surface area is 98.7 Å². The summed E-state index contributed by atoms with van der Waals surface area (Å²) in [7, 11) is 0. The van der Waals surface area contributed by atoms with E-state index in [2.05, 4.69) is 0 Å². The van der Waals surface area contributed by atoms with E-state index in [1.807, 2.05) is 31.2 Å². The van der Waals surface area contributed by atoms with Gasteiger partial charge in [0.15, 0.2) is 0 Å². The maximum absolute atomic E-state index is 13.3. The molecular weight excluding hydrogens is 225 g/mol. The van der Waals surface area contributed by atoms with E-state index in [0.29, 0.717) is 11.3 Å². The third-order valence-electron chi connectivity index (χ3n) is 2.53. The van der Waals surface area contributed by atoms with Gasteiger partial charge in [0.25, 0.3) is 0 Å². The van der Waals surface area contributed by atoms with E-state index in [1.54, 1.807) is 0 Å². The number of nitrogen functional groups attached to an aromatic ring is 1. The van der Waals surface area contributed by atoms with Crippen LogP contribution >= 0.6 is 11.6 Å². The van der Waals surface area contributed by atoms with Crippen molar-refractivity contribution in [2.45, 2.75) is 6.92 Å². The lowest BCUT2D eigenvalue weighted by atomic mass is 9.99. The van der Waals surface area contributed by atoms with Crippen LogP contribution in [0.4, 0.5) is 10.1 Å². The van der Waals surface area contributed by atoms with Gasteiger partial charge in [-0.2, -0.15) is 0 Å². The van der Waals surface area contributed by atoms with E-state index in [0.717, 1.165) is 11.1 Å². The number of rotatable bonds is 1. The fourth-order valence-electron chi connectivity index (χ4n) is 1.68. The quantitative estimate of drug-likeness (QED) is 0.742. The molecule has 0 amide bonds. The largest absolute Gasteiger partial charge is 0.397 e. The summed E-state index contributed by atoms with van der Waals surface area (Å²) in [6.45, 7) is 1.95. The first-order valence-electron chi connectivity index (χ1n) is 4.90. The number of hydrogen-bond acceptors (Lipinski definition) is 1. The van der Waals surface area contributed by atoms with Gasteiger partial charge in [-0.15, -0.1) is 0 Å². The number of aryl methyl sites for hydroxylation is 1. The Kier molecular flexibility index (Phi) is 2.84. The van der Waals surface area contributed by atoms with Crippen LogP contribution in [0.25, 0.3) is 11.1 Å². The van der Waals surface area contributed by atoms with E-state index in [4.69, 9.17) is 17.3 Å². The van der Waals surface area contributed by atoms with E-state index >= 15 is 0 Å². The molecule has 0 aromatic heterocycles. The highest BCUT2D eigenvalue weighted by Crippen LogP contribution is 2.34. The molecule has 0 atom stereocenters. The van der Waals surface area contributed by atoms with Gasteiger partial charge in [-0.1, -0.05) is 35.9 Å². The molecule has 82 valence electrons. The molecule has 2 aromatic carbocycles. The molecule has 0 saturated heterocycles. The highest BCUT2D eigenvalue weighted by Gasteiger charge is 2.10. The van der Waals surface area contributed by atoms with Crippen LogP contribution in [-0.2, 0) is 0 Å². The van der Waals surface area contributed by atoms with Crippen molar-refractivity contribution in [1.82, 2.24) is 0 Å². The van der Waals surface area contributed by atoms with Crippen LogP contribution in [-0.4, -0.2) is 0 Å². The zero-order valence-electron chi connectivity index (χ0n) is 8.80. The van der Waals surface area contributed by atoms with Gasteiger partial charge in [0.1, 0.15) is 5.82 Å². The Morgan fingerprint density at radius 3 is 2.50 bits per heavy atom. The predicted molar refractivity (Wildman–Crippen MR) is 66.0 cm³/mol. The maximum Gasteiger partial charge on any atom is 0.125 e. The van der Waals surface area contributed by atoms with Crippen molar-refractivity contribution in [3.8, 4) is 11.1 Å². The van der Waals surface area contributed by atoms with Gasteiger partial charge in [-0.25, -0.2) is 4.39 Å². The summed E-state index contributed by atoms with van der Waals surface area (Å²) < 4.78 is 13.3. The molecule has 1 nitrogen and oxygen atoms in total. The Morgan fingerprint density at radius 1 is 1.12 bits per heavy atom. The average molecular weight is 236 g/mol. The summed E-state index contributed by atoms with van der Waals surface area (Å²) in [6.07, 6.45) is 0. The van der Waals surface area contributed by atoms with Crippen LogP contribution < -0.4 is 5.73 Å². The second kappa shape index (κ2) is 4.14. The summed E-state index contributed by atoms with van der Waals surface area (Å²) >= 11 is 5.86. The molecule has 2 rings (SSSR count). The Morgan fingerprint density at radius 2 is 1.81 bits per heavy atom. The Bertz CT molecular complexity index is 537. The molecule has 0 aliphatic heterocycles. The number of anilines is 1. The smallest absolute Gasteiger partial charge is 0.125 e.